The van der Waals surface area contributed by atoms with E-state index in [9.17, 15) is 23.1 Å². The summed E-state index contributed by atoms with van der Waals surface area (Å²) in [6.07, 6.45) is -0.0879. The van der Waals surface area contributed by atoms with Crippen molar-refractivity contribution in [2.45, 2.75) is 82.8 Å². The van der Waals surface area contributed by atoms with Crippen molar-refractivity contribution in [1.82, 2.24) is 9.88 Å². The van der Waals surface area contributed by atoms with Crippen molar-refractivity contribution in [2.24, 2.45) is 5.92 Å². The van der Waals surface area contributed by atoms with Gasteiger partial charge >= 0.3 is 6.36 Å². The average Bonchev–Trinajstić information content (AvgIpc) is 3.03. The van der Waals surface area contributed by atoms with E-state index in [0.29, 0.717) is 35.2 Å². The fourth-order valence-corrected chi connectivity index (χ4v) is 5.67. The minimum Gasteiger partial charge on any atom is -0.405 e. The molecule has 1 aromatic carbocycles. The van der Waals surface area contributed by atoms with Gasteiger partial charge in [0.1, 0.15) is 5.75 Å². The first kappa shape index (κ1) is 22.0. The molecule has 31 heavy (non-hydrogen) atoms. The van der Waals surface area contributed by atoms with Crippen LogP contribution in [0.5, 0.6) is 5.75 Å². The molecule has 1 amide bonds. The maximum Gasteiger partial charge on any atom is 0.573 e. The second-order valence-corrected chi connectivity index (χ2v) is 9.67. The van der Waals surface area contributed by atoms with Crippen molar-refractivity contribution >= 4 is 16.8 Å². The summed E-state index contributed by atoms with van der Waals surface area (Å²) >= 11 is 0. The Morgan fingerprint density at radius 3 is 2.58 bits per heavy atom. The van der Waals surface area contributed by atoms with Crippen LogP contribution in [0.3, 0.4) is 0 Å². The van der Waals surface area contributed by atoms with Gasteiger partial charge in [-0.3, -0.25) is 4.79 Å². The van der Waals surface area contributed by atoms with E-state index in [0.717, 1.165) is 12.8 Å². The third-order valence-electron chi connectivity index (χ3n) is 6.71. The molecule has 2 fully saturated rings. The number of alkyl halides is 3. The Morgan fingerprint density at radius 1 is 1.32 bits per heavy atom. The number of carbonyl (C=O) groups is 1. The highest BCUT2D eigenvalue weighted by Crippen LogP contribution is 2.43. The number of hydrogen-bond acceptors (Lipinski definition) is 3. The van der Waals surface area contributed by atoms with E-state index >= 15 is 0 Å². The normalized spacial score (nSPS) is 29.8. The average molecular weight is 438 g/mol. The van der Waals surface area contributed by atoms with Crippen molar-refractivity contribution in [3.63, 3.8) is 0 Å². The number of nitrogens with one attached hydrogen (secondary N) is 1. The molecule has 2 aliphatic rings. The lowest BCUT2D eigenvalue weighted by Gasteiger charge is -2.53. The molecule has 0 saturated carbocycles. The number of H-pyrrole nitrogens is 1. The van der Waals surface area contributed by atoms with Gasteiger partial charge in [-0.1, -0.05) is 19.9 Å². The predicted octanol–water partition coefficient (Wildman–Crippen LogP) is 5.10. The molecule has 3 heterocycles. The Kier molecular flexibility index (Phi) is 5.48. The van der Waals surface area contributed by atoms with Gasteiger partial charge in [0.25, 0.3) is 0 Å². The van der Waals surface area contributed by atoms with Gasteiger partial charge in [-0.25, -0.2) is 0 Å². The monoisotopic (exact) mass is 438 g/mol. The van der Waals surface area contributed by atoms with Gasteiger partial charge in [-0.15, -0.1) is 13.2 Å². The van der Waals surface area contributed by atoms with E-state index in [2.05, 4.69) is 16.6 Å². The third-order valence-corrected chi connectivity index (χ3v) is 6.71. The Morgan fingerprint density at radius 2 is 1.97 bits per heavy atom. The Bertz CT molecular complexity index is 951. The predicted molar refractivity (Wildman–Crippen MR) is 111 cm³/mol. The second kappa shape index (κ2) is 7.73. The van der Waals surface area contributed by atoms with E-state index in [1.807, 2.05) is 18.7 Å². The minimum absolute atomic E-state index is 0.00397. The number of aliphatic hydroxyl groups is 1. The van der Waals surface area contributed by atoms with Crippen LogP contribution >= 0.6 is 0 Å². The Labute approximate surface area is 179 Å². The smallest absolute Gasteiger partial charge is 0.405 e. The highest BCUT2D eigenvalue weighted by Gasteiger charge is 2.46. The second-order valence-electron chi connectivity index (χ2n) is 9.67. The quantitative estimate of drug-likeness (QED) is 0.698. The molecule has 2 aliphatic heterocycles. The molecule has 0 spiro atoms. The van der Waals surface area contributed by atoms with Crippen molar-refractivity contribution in [1.29, 1.82) is 0 Å². The summed E-state index contributed by atoms with van der Waals surface area (Å²) in [6.45, 7) is 5.86. The lowest BCUT2D eigenvalue weighted by Crippen LogP contribution is -2.60. The van der Waals surface area contributed by atoms with Crippen molar-refractivity contribution in [3.8, 4) is 5.75 Å². The minimum atomic E-state index is -4.79. The lowest BCUT2D eigenvalue weighted by atomic mass is 9.73. The maximum absolute atomic E-state index is 13.3. The number of hydrogen-bond donors (Lipinski definition) is 2. The number of rotatable bonds is 4. The van der Waals surface area contributed by atoms with E-state index in [4.69, 9.17) is 0 Å². The van der Waals surface area contributed by atoms with Crippen LogP contribution in [-0.2, 0) is 4.79 Å². The number of halogens is 3. The molecule has 2 saturated heterocycles. The summed E-state index contributed by atoms with van der Waals surface area (Å²) in [5.74, 6) is -0.0585. The number of aromatic amines is 1. The zero-order chi connectivity index (χ0) is 22.6. The van der Waals surface area contributed by atoms with Crippen LogP contribution in [0.2, 0.25) is 0 Å². The van der Waals surface area contributed by atoms with Crippen LogP contribution in [0.4, 0.5) is 13.2 Å². The van der Waals surface area contributed by atoms with E-state index in [-0.39, 0.29) is 36.1 Å². The van der Waals surface area contributed by atoms with Gasteiger partial charge in [0.2, 0.25) is 5.91 Å². The summed E-state index contributed by atoms with van der Waals surface area (Å²) in [5.41, 5.74) is 0.403. The number of piperidine rings is 2. The summed E-state index contributed by atoms with van der Waals surface area (Å²) in [7, 11) is 0. The first-order chi connectivity index (χ1) is 14.4. The summed E-state index contributed by atoms with van der Waals surface area (Å²) < 4.78 is 42.9. The standard InChI is InChI=1S/C23H29F3N2O3/c1-13-7-15-10-22(3,30)11-16(8-13)28(15)20(29)9-14(2)17-12-27-18-5-4-6-19(21(17)18)31-23(24,25)26/h4-6,12-16,27,30H,7-11H2,1-3H3. The number of ether oxygens (including phenoxy) is 1. The highest BCUT2D eigenvalue weighted by atomic mass is 19.4. The zero-order valence-electron chi connectivity index (χ0n) is 18.0. The van der Waals surface area contributed by atoms with Gasteiger partial charge in [0.05, 0.1) is 5.60 Å². The van der Waals surface area contributed by atoms with Crippen molar-refractivity contribution < 1.29 is 27.8 Å². The first-order valence-corrected chi connectivity index (χ1v) is 10.8. The summed E-state index contributed by atoms with van der Waals surface area (Å²) in [5, 5.41) is 10.9. The van der Waals surface area contributed by atoms with E-state index < -0.39 is 12.0 Å². The molecule has 2 aromatic rings. The van der Waals surface area contributed by atoms with Crippen molar-refractivity contribution in [2.75, 3.05) is 0 Å². The highest BCUT2D eigenvalue weighted by molar-refractivity contribution is 5.90. The number of amides is 1. The van der Waals surface area contributed by atoms with Gasteiger partial charge < -0.3 is 19.7 Å². The molecule has 170 valence electrons. The largest absolute Gasteiger partial charge is 0.573 e. The van der Waals surface area contributed by atoms with Crippen LogP contribution in [0, 0.1) is 5.92 Å². The number of benzene rings is 1. The summed E-state index contributed by atoms with van der Waals surface area (Å²) in [4.78, 5) is 18.2. The van der Waals surface area contributed by atoms with Gasteiger partial charge in [-0.2, -0.15) is 0 Å². The molecule has 8 heteroatoms. The molecule has 4 rings (SSSR count). The Hall–Kier alpha value is -2.22. The molecule has 2 N–H and O–H groups in total. The molecule has 1 aromatic heterocycles. The fourth-order valence-electron chi connectivity index (χ4n) is 5.67. The van der Waals surface area contributed by atoms with Crippen LogP contribution < -0.4 is 4.74 Å². The van der Waals surface area contributed by atoms with Crippen LogP contribution in [0.1, 0.15) is 64.4 Å². The van der Waals surface area contributed by atoms with E-state index in [1.165, 1.54) is 12.1 Å². The molecule has 3 atom stereocenters. The molecule has 3 unspecified atom stereocenters. The number of aromatic nitrogens is 1. The molecule has 2 bridgehead atoms. The molecule has 0 radical (unpaired) electrons. The summed E-state index contributed by atoms with van der Waals surface area (Å²) in [6, 6.07) is 4.49. The fraction of sp³-hybridized carbons (Fsp3) is 0.609. The van der Waals surface area contributed by atoms with Crippen molar-refractivity contribution in [3.05, 3.63) is 30.0 Å². The van der Waals surface area contributed by atoms with Gasteiger partial charge in [-0.05, 0) is 62.1 Å². The third kappa shape index (κ3) is 4.54. The topological polar surface area (TPSA) is 65.6 Å². The molecular weight excluding hydrogens is 409 g/mol. The Balaban J connectivity index is 1.57. The van der Waals surface area contributed by atoms with Crippen LogP contribution in [0.15, 0.2) is 24.4 Å². The van der Waals surface area contributed by atoms with Crippen LogP contribution in [-0.4, -0.2) is 44.9 Å². The number of carbonyl (C=O) groups excluding carboxylic acids is 1. The SMILES string of the molecule is CC1CC2CC(C)(O)CC(C1)N2C(=O)CC(C)c1c[nH]c2cccc(OC(F)(F)F)c12. The molecule has 0 aliphatic carbocycles. The van der Waals surface area contributed by atoms with Gasteiger partial charge in [0, 0.05) is 35.6 Å². The lowest BCUT2D eigenvalue weighted by molar-refractivity contribution is -0.274. The van der Waals surface area contributed by atoms with Crippen LogP contribution in [0.25, 0.3) is 10.9 Å². The molecular formula is C23H29F3N2O3. The number of fused-ring (bicyclic) bond motifs is 3. The maximum atomic E-state index is 13.3. The van der Waals surface area contributed by atoms with Gasteiger partial charge in [0.15, 0.2) is 0 Å². The zero-order valence-corrected chi connectivity index (χ0v) is 18.0. The number of nitrogens with zero attached hydrogens (tertiary/aromatic N) is 1. The molecule has 5 nitrogen and oxygen atoms in total. The van der Waals surface area contributed by atoms with E-state index in [1.54, 1.807) is 12.3 Å². The first-order valence-electron chi connectivity index (χ1n) is 10.8.